The molecule has 1 aromatic rings. The van der Waals surface area contributed by atoms with Gasteiger partial charge in [-0.05, 0) is 25.3 Å². The number of benzene rings is 1. The highest BCUT2D eigenvalue weighted by atomic mass is 16.7. The average Bonchev–Trinajstić information content (AvgIpc) is 2.97. The molecular weight excluding hydrogens is 316 g/mol. The lowest BCUT2D eigenvalue weighted by atomic mass is 10.0. The number of carbonyl (C=O) groups is 1. The van der Waals surface area contributed by atoms with Gasteiger partial charge in [0.15, 0.2) is 5.79 Å². The number of urea groups is 1. The lowest BCUT2D eigenvalue weighted by Crippen LogP contribution is -2.52. The molecule has 0 radical (unpaired) electrons. The van der Waals surface area contributed by atoms with E-state index in [1.165, 1.54) is 5.56 Å². The molecule has 138 valence electrons. The number of rotatable bonds is 5. The van der Waals surface area contributed by atoms with Crippen LogP contribution in [-0.2, 0) is 15.9 Å². The molecule has 2 aliphatic rings. The fourth-order valence-electron chi connectivity index (χ4n) is 3.75. The number of nitrogens with one attached hydrogen (secondary N) is 1. The molecule has 2 fully saturated rings. The van der Waals surface area contributed by atoms with E-state index in [1.54, 1.807) is 0 Å². The number of carbonyl (C=O) groups excluding carboxylic acids is 1. The molecule has 0 aromatic heterocycles. The van der Waals surface area contributed by atoms with Crippen LogP contribution in [0.2, 0.25) is 0 Å². The number of hydrogen-bond acceptors (Lipinski definition) is 3. The number of nitrogens with zero attached hydrogens (tertiary/aromatic N) is 1. The summed E-state index contributed by atoms with van der Waals surface area (Å²) < 4.78 is 11.8. The minimum atomic E-state index is -0.455. The summed E-state index contributed by atoms with van der Waals surface area (Å²) in [6.07, 6.45) is 4.58. The molecule has 2 atom stereocenters. The third-order valence-corrected chi connectivity index (χ3v) is 5.10. The van der Waals surface area contributed by atoms with E-state index in [1.807, 2.05) is 30.0 Å². The number of hydrogen-bond donors (Lipinski definition) is 1. The maximum atomic E-state index is 12.7. The second-order valence-electron chi connectivity index (χ2n) is 7.26. The first-order valence-electron chi connectivity index (χ1n) is 9.51. The van der Waals surface area contributed by atoms with Crippen LogP contribution in [0.5, 0.6) is 0 Å². The topological polar surface area (TPSA) is 50.8 Å². The molecule has 5 nitrogen and oxygen atoms in total. The van der Waals surface area contributed by atoms with Gasteiger partial charge in [0.25, 0.3) is 0 Å². The lowest BCUT2D eigenvalue weighted by Gasteiger charge is -2.38. The monoisotopic (exact) mass is 346 g/mol. The van der Waals surface area contributed by atoms with E-state index in [2.05, 4.69) is 24.4 Å². The Morgan fingerprint density at radius 2 is 2.04 bits per heavy atom. The van der Waals surface area contributed by atoms with Gasteiger partial charge in [-0.2, -0.15) is 0 Å². The molecule has 25 heavy (non-hydrogen) atoms. The number of piperidine rings is 1. The van der Waals surface area contributed by atoms with E-state index in [4.69, 9.17) is 9.47 Å². The lowest BCUT2D eigenvalue weighted by molar-refractivity contribution is -0.189. The van der Waals surface area contributed by atoms with Crippen molar-refractivity contribution in [3.05, 3.63) is 35.9 Å². The van der Waals surface area contributed by atoms with Gasteiger partial charge in [0.1, 0.15) is 0 Å². The normalized spacial score (nSPS) is 23.6. The molecule has 2 aliphatic heterocycles. The maximum absolute atomic E-state index is 12.7. The van der Waals surface area contributed by atoms with Crippen LogP contribution in [0.25, 0.3) is 0 Å². The van der Waals surface area contributed by atoms with Crippen molar-refractivity contribution < 1.29 is 14.3 Å². The first-order valence-corrected chi connectivity index (χ1v) is 9.51. The fourth-order valence-corrected chi connectivity index (χ4v) is 3.75. The Morgan fingerprint density at radius 3 is 2.64 bits per heavy atom. The third-order valence-electron chi connectivity index (χ3n) is 5.10. The third kappa shape index (κ3) is 4.73. The van der Waals surface area contributed by atoms with Crippen molar-refractivity contribution in [3.63, 3.8) is 0 Å². The summed E-state index contributed by atoms with van der Waals surface area (Å²) in [5.41, 5.74) is 1.26. The molecule has 0 unspecified atom stereocenters. The average molecular weight is 346 g/mol. The molecule has 0 saturated carbocycles. The number of likely N-dealkylation sites (tertiary alicyclic amines) is 1. The second-order valence-corrected chi connectivity index (χ2v) is 7.26. The molecule has 2 amide bonds. The van der Waals surface area contributed by atoms with Crippen molar-refractivity contribution in [3.8, 4) is 0 Å². The SMILES string of the molecule is CCC[C@@H](Cc1ccccc1)NC(=O)N1CCC2(CC1)OC[C@H](C)O2. The fraction of sp³-hybridized carbons (Fsp3) is 0.650. The molecule has 1 N–H and O–H groups in total. The molecular formula is C20H30N2O3. The van der Waals surface area contributed by atoms with Crippen molar-refractivity contribution in [2.75, 3.05) is 19.7 Å². The van der Waals surface area contributed by atoms with Gasteiger partial charge in [-0.15, -0.1) is 0 Å². The molecule has 5 heteroatoms. The summed E-state index contributed by atoms with van der Waals surface area (Å²) in [7, 11) is 0. The zero-order chi connectivity index (χ0) is 17.7. The van der Waals surface area contributed by atoms with E-state index < -0.39 is 5.79 Å². The minimum absolute atomic E-state index is 0.0373. The van der Waals surface area contributed by atoms with Crippen LogP contribution >= 0.6 is 0 Å². The summed E-state index contributed by atoms with van der Waals surface area (Å²) in [6.45, 7) is 6.21. The van der Waals surface area contributed by atoms with Crippen molar-refractivity contribution in [2.24, 2.45) is 0 Å². The van der Waals surface area contributed by atoms with E-state index >= 15 is 0 Å². The summed E-state index contributed by atoms with van der Waals surface area (Å²) >= 11 is 0. The zero-order valence-electron chi connectivity index (χ0n) is 15.4. The van der Waals surface area contributed by atoms with Gasteiger partial charge in [-0.25, -0.2) is 4.79 Å². The van der Waals surface area contributed by atoms with Gasteiger partial charge >= 0.3 is 6.03 Å². The van der Waals surface area contributed by atoms with Gasteiger partial charge in [-0.3, -0.25) is 0 Å². The first-order chi connectivity index (χ1) is 12.1. The van der Waals surface area contributed by atoms with Crippen molar-refractivity contribution in [1.29, 1.82) is 0 Å². The van der Waals surface area contributed by atoms with Crippen LogP contribution in [0.4, 0.5) is 4.79 Å². The highest BCUT2D eigenvalue weighted by Gasteiger charge is 2.43. The standard InChI is InChI=1S/C20H30N2O3/c1-3-7-18(14-17-8-5-4-6-9-17)21-19(23)22-12-10-20(11-13-22)24-15-16(2)25-20/h4-6,8-9,16,18H,3,7,10-15H2,1-2H3,(H,21,23)/t16-,18-/m0/s1. The smallest absolute Gasteiger partial charge is 0.317 e. The summed E-state index contributed by atoms with van der Waals surface area (Å²) in [6, 6.07) is 10.6. The van der Waals surface area contributed by atoms with Crippen LogP contribution in [0.3, 0.4) is 0 Å². The Balaban J connectivity index is 1.51. The maximum Gasteiger partial charge on any atom is 0.317 e. The Morgan fingerprint density at radius 1 is 1.32 bits per heavy atom. The Kier molecular flexibility index (Phi) is 5.97. The van der Waals surface area contributed by atoms with E-state index in [9.17, 15) is 4.79 Å². The molecule has 2 heterocycles. The van der Waals surface area contributed by atoms with E-state index in [0.717, 1.165) is 32.1 Å². The molecule has 1 spiro atoms. The van der Waals surface area contributed by atoms with Gasteiger partial charge in [0.05, 0.1) is 12.7 Å². The predicted octanol–water partition coefficient (Wildman–Crippen LogP) is 3.33. The first kappa shape index (κ1) is 18.2. The Hall–Kier alpha value is -1.59. The van der Waals surface area contributed by atoms with Crippen molar-refractivity contribution in [2.45, 2.75) is 63.9 Å². The molecule has 0 aliphatic carbocycles. The van der Waals surface area contributed by atoms with Crippen LogP contribution < -0.4 is 5.32 Å². The number of amides is 2. The van der Waals surface area contributed by atoms with Crippen LogP contribution in [-0.4, -0.2) is 48.6 Å². The molecule has 1 aromatic carbocycles. The largest absolute Gasteiger partial charge is 0.347 e. The van der Waals surface area contributed by atoms with E-state index in [0.29, 0.717) is 19.7 Å². The number of ether oxygens (including phenoxy) is 2. The zero-order valence-corrected chi connectivity index (χ0v) is 15.4. The van der Waals surface area contributed by atoms with Gasteiger partial charge in [0.2, 0.25) is 0 Å². The predicted molar refractivity (Wildman–Crippen MR) is 97.4 cm³/mol. The molecule has 3 rings (SSSR count). The van der Waals surface area contributed by atoms with Crippen molar-refractivity contribution in [1.82, 2.24) is 10.2 Å². The van der Waals surface area contributed by atoms with Gasteiger partial charge in [0, 0.05) is 32.0 Å². The molecule has 0 bridgehead atoms. The van der Waals surface area contributed by atoms with Crippen LogP contribution in [0, 0.1) is 0 Å². The minimum Gasteiger partial charge on any atom is -0.347 e. The van der Waals surface area contributed by atoms with Crippen LogP contribution in [0.15, 0.2) is 30.3 Å². The summed E-state index contributed by atoms with van der Waals surface area (Å²) in [5, 5.41) is 3.23. The van der Waals surface area contributed by atoms with Crippen LogP contribution in [0.1, 0.15) is 45.1 Å². The van der Waals surface area contributed by atoms with Gasteiger partial charge in [-0.1, -0.05) is 43.7 Å². The summed E-state index contributed by atoms with van der Waals surface area (Å²) in [4.78, 5) is 14.6. The quantitative estimate of drug-likeness (QED) is 0.890. The van der Waals surface area contributed by atoms with Gasteiger partial charge < -0.3 is 19.7 Å². The second kappa shape index (κ2) is 8.19. The molecule has 2 saturated heterocycles. The van der Waals surface area contributed by atoms with E-state index in [-0.39, 0.29) is 18.2 Å². The summed E-state index contributed by atoms with van der Waals surface area (Å²) in [5.74, 6) is -0.455. The van der Waals surface area contributed by atoms with Crippen molar-refractivity contribution >= 4 is 6.03 Å². The highest BCUT2D eigenvalue weighted by Crippen LogP contribution is 2.33. The highest BCUT2D eigenvalue weighted by molar-refractivity contribution is 5.74. The Bertz CT molecular complexity index is 555. The Labute approximate surface area is 150 Å².